The highest BCUT2D eigenvalue weighted by Crippen LogP contribution is 2.25. The molecule has 96 valence electrons. The molecule has 18 heavy (non-hydrogen) atoms. The van der Waals surface area contributed by atoms with Gasteiger partial charge in [-0.2, -0.15) is 0 Å². The zero-order valence-corrected chi connectivity index (χ0v) is 11.9. The summed E-state index contributed by atoms with van der Waals surface area (Å²) in [4.78, 5) is 7.92. The molecule has 1 aromatic carbocycles. The van der Waals surface area contributed by atoms with Gasteiger partial charge in [0.15, 0.2) is 5.16 Å². The van der Waals surface area contributed by atoms with Crippen molar-refractivity contribution in [3.8, 4) is 0 Å². The van der Waals surface area contributed by atoms with Crippen LogP contribution in [0.1, 0.15) is 23.9 Å². The summed E-state index contributed by atoms with van der Waals surface area (Å²) in [5.41, 5.74) is 4.84. The van der Waals surface area contributed by atoms with Gasteiger partial charge in [0.05, 0.1) is 5.69 Å². The van der Waals surface area contributed by atoms with Crippen LogP contribution in [0.2, 0.25) is 0 Å². The third-order valence-electron chi connectivity index (χ3n) is 2.95. The number of imidazole rings is 1. The Bertz CT molecular complexity index is 520. The van der Waals surface area contributed by atoms with E-state index in [-0.39, 0.29) is 0 Å². The van der Waals surface area contributed by atoms with Crippen LogP contribution in [-0.4, -0.2) is 17.0 Å². The van der Waals surface area contributed by atoms with Gasteiger partial charge in [0.25, 0.3) is 0 Å². The number of para-hydroxylation sites is 1. The van der Waals surface area contributed by atoms with Gasteiger partial charge in [-0.25, -0.2) is 4.98 Å². The Labute approximate surface area is 112 Å². The number of aromatic nitrogens is 2. The molecule has 1 aromatic heterocycles. The van der Waals surface area contributed by atoms with Gasteiger partial charge in [0.2, 0.25) is 0 Å². The van der Waals surface area contributed by atoms with Crippen molar-refractivity contribution < 1.29 is 0 Å². The first-order valence-corrected chi connectivity index (χ1v) is 7.17. The molecule has 0 aliphatic carbocycles. The number of aryl methyl sites for hydroxylation is 2. The monoisotopic (exact) mass is 261 g/mol. The van der Waals surface area contributed by atoms with E-state index in [1.54, 1.807) is 11.8 Å². The van der Waals surface area contributed by atoms with E-state index in [0.717, 1.165) is 17.3 Å². The van der Waals surface area contributed by atoms with Crippen LogP contribution >= 0.6 is 11.8 Å². The van der Waals surface area contributed by atoms with Gasteiger partial charge in [-0.15, -0.1) is 0 Å². The van der Waals surface area contributed by atoms with Crippen LogP contribution in [0, 0.1) is 6.92 Å². The molecule has 2 N–H and O–H groups in total. The molecule has 2 aromatic rings. The number of nitrogens with one attached hydrogen (secondary N) is 2. The topological polar surface area (TPSA) is 40.7 Å². The molecule has 0 radical (unpaired) electrons. The fraction of sp³-hybridized carbons (Fsp3) is 0.357. The fourth-order valence-electron chi connectivity index (χ4n) is 1.92. The molecular formula is C14H19N3S. The molecule has 0 bridgehead atoms. The smallest absolute Gasteiger partial charge is 0.166 e. The van der Waals surface area contributed by atoms with Crippen molar-refractivity contribution in [2.45, 2.75) is 31.2 Å². The first-order chi connectivity index (χ1) is 8.74. The van der Waals surface area contributed by atoms with Gasteiger partial charge in [0, 0.05) is 24.2 Å². The van der Waals surface area contributed by atoms with Crippen molar-refractivity contribution in [2.75, 3.05) is 12.4 Å². The van der Waals surface area contributed by atoms with Crippen molar-refractivity contribution in [2.24, 2.45) is 0 Å². The molecule has 0 saturated carbocycles. The summed E-state index contributed by atoms with van der Waals surface area (Å²) in [7, 11) is 1.95. The second kappa shape index (κ2) is 5.96. The molecule has 0 fully saturated rings. The predicted octanol–water partition coefficient (Wildman–Crippen LogP) is 3.61. The maximum atomic E-state index is 4.59. The average molecular weight is 261 g/mol. The molecular weight excluding hydrogens is 242 g/mol. The van der Waals surface area contributed by atoms with Gasteiger partial charge in [-0.05, 0) is 25.0 Å². The van der Waals surface area contributed by atoms with E-state index in [0.29, 0.717) is 0 Å². The number of H-pyrrole nitrogens is 1. The normalized spacial score (nSPS) is 10.6. The van der Waals surface area contributed by atoms with Crippen molar-refractivity contribution in [1.29, 1.82) is 0 Å². The third-order valence-corrected chi connectivity index (χ3v) is 3.87. The molecule has 0 aliphatic heterocycles. The van der Waals surface area contributed by atoms with Gasteiger partial charge in [-0.1, -0.05) is 36.9 Å². The molecule has 0 unspecified atom stereocenters. The molecule has 4 heteroatoms. The van der Waals surface area contributed by atoms with Crippen molar-refractivity contribution in [3.05, 3.63) is 41.2 Å². The molecule has 0 amide bonds. The van der Waals surface area contributed by atoms with Gasteiger partial charge in [-0.3, -0.25) is 0 Å². The number of anilines is 1. The molecule has 2 rings (SSSR count). The maximum absolute atomic E-state index is 4.59. The number of hydrogen-bond acceptors (Lipinski definition) is 3. The number of thioether (sulfide) groups is 1. The summed E-state index contributed by atoms with van der Waals surface area (Å²) < 4.78 is 0. The van der Waals surface area contributed by atoms with E-state index in [1.165, 1.54) is 22.6 Å². The van der Waals surface area contributed by atoms with E-state index < -0.39 is 0 Å². The van der Waals surface area contributed by atoms with Crippen molar-refractivity contribution in [1.82, 2.24) is 9.97 Å². The highest BCUT2D eigenvalue weighted by atomic mass is 32.2. The van der Waals surface area contributed by atoms with Crippen LogP contribution < -0.4 is 5.32 Å². The zero-order chi connectivity index (χ0) is 13.0. The highest BCUT2D eigenvalue weighted by Gasteiger charge is 2.06. The Morgan fingerprint density at radius 3 is 2.78 bits per heavy atom. The lowest BCUT2D eigenvalue weighted by molar-refractivity contribution is 0.993. The quantitative estimate of drug-likeness (QED) is 0.808. The molecule has 0 saturated heterocycles. The second-order valence-electron chi connectivity index (χ2n) is 4.16. The molecule has 0 aliphatic rings. The lowest BCUT2D eigenvalue weighted by atomic mass is 10.2. The number of nitrogens with zero attached hydrogens (tertiary/aromatic N) is 1. The third kappa shape index (κ3) is 2.88. The van der Waals surface area contributed by atoms with Crippen molar-refractivity contribution >= 4 is 17.4 Å². The molecule has 0 atom stereocenters. The number of hydrogen-bond donors (Lipinski definition) is 2. The van der Waals surface area contributed by atoms with Crippen molar-refractivity contribution in [3.63, 3.8) is 0 Å². The number of benzene rings is 1. The Morgan fingerprint density at radius 2 is 2.11 bits per heavy atom. The lowest BCUT2D eigenvalue weighted by Crippen LogP contribution is -1.93. The summed E-state index contributed by atoms with van der Waals surface area (Å²) in [6.45, 7) is 4.21. The number of rotatable bonds is 5. The summed E-state index contributed by atoms with van der Waals surface area (Å²) in [5, 5.41) is 4.23. The standard InChI is InChI=1S/C14H19N3S/c1-4-12-10(2)16-14(17-12)18-9-11-7-5-6-8-13(11)15-3/h5-8,15H,4,9H2,1-3H3,(H,16,17). The maximum Gasteiger partial charge on any atom is 0.166 e. The Hall–Kier alpha value is -1.42. The first kappa shape index (κ1) is 13.0. The van der Waals surface area contributed by atoms with Crippen LogP contribution in [0.25, 0.3) is 0 Å². The minimum atomic E-state index is 0.924. The Morgan fingerprint density at radius 1 is 1.33 bits per heavy atom. The minimum Gasteiger partial charge on any atom is -0.388 e. The van der Waals surface area contributed by atoms with E-state index in [4.69, 9.17) is 0 Å². The van der Waals surface area contributed by atoms with Crippen LogP contribution in [0.15, 0.2) is 29.4 Å². The average Bonchev–Trinajstić information content (AvgIpc) is 2.77. The van der Waals surface area contributed by atoms with Crippen LogP contribution in [-0.2, 0) is 12.2 Å². The summed E-state index contributed by atoms with van der Waals surface area (Å²) in [6, 6.07) is 8.37. The van der Waals surface area contributed by atoms with Crippen LogP contribution in [0.3, 0.4) is 0 Å². The summed E-state index contributed by atoms with van der Waals surface area (Å²) in [5.74, 6) is 0.924. The molecule has 3 nitrogen and oxygen atoms in total. The predicted molar refractivity (Wildman–Crippen MR) is 78.3 cm³/mol. The van der Waals surface area contributed by atoms with Gasteiger partial charge in [0.1, 0.15) is 0 Å². The van der Waals surface area contributed by atoms with E-state index in [2.05, 4.69) is 47.3 Å². The zero-order valence-electron chi connectivity index (χ0n) is 11.1. The molecule has 0 spiro atoms. The minimum absolute atomic E-state index is 0.924. The first-order valence-electron chi connectivity index (χ1n) is 6.18. The fourth-order valence-corrected chi connectivity index (χ4v) is 2.86. The summed E-state index contributed by atoms with van der Waals surface area (Å²) in [6.07, 6.45) is 0.982. The second-order valence-corrected chi connectivity index (χ2v) is 5.13. The van der Waals surface area contributed by atoms with Crippen LogP contribution in [0.5, 0.6) is 0 Å². The lowest BCUT2D eigenvalue weighted by Gasteiger charge is -2.07. The SMILES string of the molecule is CCc1nc(SCc2ccccc2NC)[nH]c1C. The summed E-state index contributed by atoms with van der Waals surface area (Å²) >= 11 is 1.75. The van der Waals surface area contributed by atoms with Crippen LogP contribution in [0.4, 0.5) is 5.69 Å². The highest BCUT2D eigenvalue weighted by molar-refractivity contribution is 7.98. The largest absolute Gasteiger partial charge is 0.388 e. The van der Waals surface area contributed by atoms with E-state index in [1.807, 2.05) is 13.1 Å². The van der Waals surface area contributed by atoms with Gasteiger partial charge < -0.3 is 10.3 Å². The Kier molecular flexibility index (Phi) is 4.31. The van der Waals surface area contributed by atoms with Gasteiger partial charge >= 0.3 is 0 Å². The number of aromatic amines is 1. The molecule has 1 heterocycles. The van der Waals surface area contributed by atoms with E-state index >= 15 is 0 Å². The Balaban J connectivity index is 2.06. The van der Waals surface area contributed by atoms with E-state index in [9.17, 15) is 0 Å².